The molecule has 0 unspecified atom stereocenters. The van der Waals surface area contributed by atoms with E-state index in [0.29, 0.717) is 0 Å². The van der Waals surface area contributed by atoms with Gasteiger partial charge < -0.3 is 9.67 Å². The van der Waals surface area contributed by atoms with Crippen LogP contribution < -0.4 is 5.56 Å². The molecule has 3 nitrogen and oxygen atoms in total. The largest absolute Gasteiger partial charge is 0.417 e. The second-order valence-electron chi connectivity index (χ2n) is 5.93. The predicted molar refractivity (Wildman–Crippen MR) is 68.5 cm³/mol. The van der Waals surface area contributed by atoms with E-state index in [-0.39, 0.29) is 24.6 Å². The highest BCUT2D eigenvalue weighted by Gasteiger charge is 2.43. The monoisotopic (exact) mass is 289 g/mol. The minimum absolute atomic E-state index is 0.104. The van der Waals surface area contributed by atoms with Gasteiger partial charge in [0, 0.05) is 23.7 Å². The standard InChI is InChI=1S/C14H18F3NO2/c1-9(2)11-5-10(14(15,16)17)6-18(12(11)20)7-13(8-19)3-4-13/h5-6,9,19H,3-4,7-8H2,1-2H3. The fraction of sp³-hybridized carbons (Fsp3) is 0.643. The molecule has 0 atom stereocenters. The summed E-state index contributed by atoms with van der Waals surface area (Å²) >= 11 is 0. The molecule has 1 N–H and O–H groups in total. The Morgan fingerprint density at radius 2 is 2.00 bits per heavy atom. The Balaban J connectivity index is 2.49. The van der Waals surface area contributed by atoms with E-state index in [1.807, 2.05) is 0 Å². The first-order valence-electron chi connectivity index (χ1n) is 6.61. The molecule has 0 bridgehead atoms. The molecule has 0 aromatic carbocycles. The average Bonchev–Trinajstić information content (AvgIpc) is 3.10. The second kappa shape index (κ2) is 4.91. The van der Waals surface area contributed by atoms with Crippen molar-refractivity contribution in [3.05, 3.63) is 33.7 Å². The summed E-state index contributed by atoms with van der Waals surface area (Å²) in [4.78, 5) is 12.2. The van der Waals surface area contributed by atoms with E-state index in [2.05, 4.69) is 0 Å². The Morgan fingerprint density at radius 1 is 1.40 bits per heavy atom. The van der Waals surface area contributed by atoms with Gasteiger partial charge in [0.25, 0.3) is 5.56 Å². The van der Waals surface area contributed by atoms with Crippen molar-refractivity contribution in [2.75, 3.05) is 6.61 Å². The van der Waals surface area contributed by atoms with Crippen molar-refractivity contribution in [1.82, 2.24) is 4.57 Å². The predicted octanol–water partition coefficient (Wildman–Crippen LogP) is 2.76. The molecule has 1 aliphatic rings. The molecule has 1 heterocycles. The van der Waals surface area contributed by atoms with Crippen molar-refractivity contribution in [2.45, 2.75) is 45.3 Å². The third kappa shape index (κ3) is 2.90. The lowest BCUT2D eigenvalue weighted by molar-refractivity contribution is -0.138. The van der Waals surface area contributed by atoms with Crippen molar-refractivity contribution >= 4 is 0 Å². The lowest BCUT2D eigenvalue weighted by Crippen LogP contribution is -2.30. The number of nitrogens with zero attached hydrogens (tertiary/aromatic N) is 1. The van der Waals surface area contributed by atoms with Crippen LogP contribution in [0.25, 0.3) is 0 Å². The number of halogens is 3. The first-order valence-corrected chi connectivity index (χ1v) is 6.61. The van der Waals surface area contributed by atoms with Gasteiger partial charge in [0.15, 0.2) is 0 Å². The SMILES string of the molecule is CC(C)c1cc(C(F)(F)F)cn(CC2(CO)CC2)c1=O. The van der Waals surface area contributed by atoms with Gasteiger partial charge in [-0.1, -0.05) is 13.8 Å². The van der Waals surface area contributed by atoms with Gasteiger partial charge in [0.2, 0.25) is 0 Å². The van der Waals surface area contributed by atoms with Gasteiger partial charge in [-0.3, -0.25) is 4.79 Å². The number of aliphatic hydroxyl groups excluding tert-OH is 1. The van der Waals surface area contributed by atoms with Crippen molar-refractivity contribution in [1.29, 1.82) is 0 Å². The lowest BCUT2D eigenvalue weighted by atomic mass is 10.0. The van der Waals surface area contributed by atoms with Crippen molar-refractivity contribution in [2.24, 2.45) is 5.41 Å². The zero-order valence-corrected chi connectivity index (χ0v) is 11.5. The summed E-state index contributed by atoms with van der Waals surface area (Å²) in [5.41, 5.74) is -1.46. The van der Waals surface area contributed by atoms with Crippen molar-refractivity contribution in [3.63, 3.8) is 0 Å². The van der Waals surface area contributed by atoms with Gasteiger partial charge in [-0.2, -0.15) is 13.2 Å². The fourth-order valence-electron chi connectivity index (χ4n) is 2.25. The molecule has 2 rings (SSSR count). The molecular weight excluding hydrogens is 271 g/mol. The summed E-state index contributed by atoms with van der Waals surface area (Å²) in [5.74, 6) is -0.277. The quantitative estimate of drug-likeness (QED) is 0.926. The zero-order valence-electron chi connectivity index (χ0n) is 11.5. The van der Waals surface area contributed by atoms with Gasteiger partial charge in [0.05, 0.1) is 12.2 Å². The number of aliphatic hydroxyl groups is 1. The van der Waals surface area contributed by atoms with E-state index in [0.717, 1.165) is 29.7 Å². The molecule has 1 aromatic rings. The molecule has 0 radical (unpaired) electrons. The van der Waals surface area contributed by atoms with Crippen LogP contribution in [0, 0.1) is 5.41 Å². The van der Waals surface area contributed by atoms with E-state index >= 15 is 0 Å². The molecule has 0 aliphatic heterocycles. The van der Waals surface area contributed by atoms with Crippen LogP contribution in [0.4, 0.5) is 13.2 Å². The fourth-order valence-corrected chi connectivity index (χ4v) is 2.25. The number of rotatable bonds is 4. The van der Waals surface area contributed by atoms with Crippen LogP contribution in [0.3, 0.4) is 0 Å². The van der Waals surface area contributed by atoms with E-state index in [1.165, 1.54) is 0 Å². The average molecular weight is 289 g/mol. The van der Waals surface area contributed by atoms with Gasteiger partial charge in [-0.05, 0) is 24.8 Å². The van der Waals surface area contributed by atoms with E-state index in [9.17, 15) is 23.1 Å². The summed E-state index contributed by atoms with van der Waals surface area (Å²) in [6.45, 7) is 3.43. The Hall–Kier alpha value is -1.30. The van der Waals surface area contributed by atoms with Crippen LogP contribution in [0.15, 0.2) is 17.1 Å². The Bertz CT molecular complexity index is 557. The molecule has 20 heavy (non-hydrogen) atoms. The number of hydrogen-bond donors (Lipinski definition) is 1. The third-order valence-electron chi connectivity index (χ3n) is 3.86. The summed E-state index contributed by atoms with van der Waals surface area (Å²) in [6.07, 6.45) is -2.13. The maximum absolute atomic E-state index is 12.9. The lowest BCUT2D eigenvalue weighted by Gasteiger charge is -2.18. The second-order valence-corrected chi connectivity index (χ2v) is 5.93. The molecular formula is C14H18F3NO2. The molecule has 1 aliphatic carbocycles. The highest BCUT2D eigenvalue weighted by atomic mass is 19.4. The molecule has 1 aromatic heterocycles. The third-order valence-corrected chi connectivity index (χ3v) is 3.86. The minimum Gasteiger partial charge on any atom is -0.396 e. The zero-order chi connectivity index (χ0) is 15.1. The Morgan fingerprint density at radius 3 is 2.40 bits per heavy atom. The number of pyridine rings is 1. The minimum atomic E-state index is -4.48. The van der Waals surface area contributed by atoms with Gasteiger partial charge in [-0.25, -0.2) is 0 Å². The van der Waals surface area contributed by atoms with Crippen LogP contribution in [0.5, 0.6) is 0 Å². The molecule has 0 spiro atoms. The van der Waals surface area contributed by atoms with E-state index < -0.39 is 22.7 Å². The first kappa shape index (κ1) is 15.1. The van der Waals surface area contributed by atoms with Crippen LogP contribution >= 0.6 is 0 Å². The van der Waals surface area contributed by atoms with Gasteiger partial charge in [-0.15, -0.1) is 0 Å². The smallest absolute Gasteiger partial charge is 0.396 e. The molecule has 0 amide bonds. The van der Waals surface area contributed by atoms with Crippen LogP contribution in [0.1, 0.15) is 43.7 Å². The normalized spacial score (nSPS) is 17.6. The summed E-state index contributed by atoms with van der Waals surface area (Å²) in [7, 11) is 0. The van der Waals surface area contributed by atoms with Crippen LogP contribution in [-0.4, -0.2) is 16.3 Å². The van der Waals surface area contributed by atoms with E-state index in [4.69, 9.17) is 0 Å². The van der Waals surface area contributed by atoms with E-state index in [1.54, 1.807) is 13.8 Å². The van der Waals surface area contributed by atoms with Crippen molar-refractivity contribution < 1.29 is 18.3 Å². The highest BCUT2D eigenvalue weighted by molar-refractivity contribution is 5.24. The summed E-state index contributed by atoms with van der Waals surface area (Å²) < 4.78 is 39.8. The van der Waals surface area contributed by atoms with Gasteiger partial charge in [0.1, 0.15) is 0 Å². The molecule has 1 fully saturated rings. The molecule has 6 heteroatoms. The number of aromatic nitrogens is 1. The topological polar surface area (TPSA) is 42.2 Å². The first-order chi connectivity index (χ1) is 9.18. The highest BCUT2D eigenvalue weighted by Crippen LogP contribution is 2.46. The number of alkyl halides is 3. The van der Waals surface area contributed by atoms with Crippen molar-refractivity contribution in [3.8, 4) is 0 Å². The van der Waals surface area contributed by atoms with Crippen LogP contribution in [0.2, 0.25) is 0 Å². The Labute approximate surface area is 115 Å². The molecule has 1 saturated carbocycles. The maximum atomic E-state index is 12.9. The molecule has 112 valence electrons. The number of hydrogen-bond acceptors (Lipinski definition) is 2. The van der Waals surface area contributed by atoms with Crippen LogP contribution in [-0.2, 0) is 12.7 Å². The summed E-state index contributed by atoms with van der Waals surface area (Å²) in [5, 5.41) is 9.28. The Kier molecular flexibility index (Phi) is 3.71. The van der Waals surface area contributed by atoms with Gasteiger partial charge >= 0.3 is 6.18 Å². The summed E-state index contributed by atoms with van der Waals surface area (Å²) in [6, 6.07) is 0.933. The molecule has 0 saturated heterocycles. The maximum Gasteiger partial charge on any atom is 0.417 e.